The fourth-order valence-corrected chi connectivity index (χ4v) is 1.65. The molecule has 3 N–H and O–H groups in total. The zero-order valence-electron chi connectivity index (χ0n) is 9.66. The van der Waals surface area contributed by atoms with Crippen LogP contribution >= 0.6 is 0 Å². The molecule has 1 aromatic rings. The molecule has 0 amide bonds. The predicted molar refractivity (Wildman–Crippen MR) is 64.2 cm³/mol. The Bertz CT molecular complexity index is 307. The standard InChI is InChI=1S/C13H21NO/c1-10(2)12-7-11(5-3-4-6-14)8-13(15)9-12/h7-10,15H,3-6,14H2,1-2H3. The molecule has 0 fully saturated rings. The fraction of sp³-hybridized carbons (Fsp3) is 0.538. The minimum atomic E-state index is 0.379. The highest BCUT2D eigenvalue weighted by Gasteiger charge is 2.03. The molecule has 0 aliphatic rings. The van der Waals surface area contributed by atoms with Gasteiger partial charge >= 0.3 is 0 Å². The second-order valence-corrected chi connectivity index (χ2v) is 4.33. The normalized spacial score (nSPS) is 10.9. The first-order chi connectivity index (χ1) is 7.13. The molecule has 0 saturated carbocycles. The van der Waals surface area contributed by atoms with E-state index >= 15 is 0 Å². The molecule has 0 atom stereocenters. The van der Waals surface area contributed by atoms with Crippen molar-refractivity contribution in [2.45, 2.75) is 39.0 Å². The fourth-order valence-electron chi connectivity index (χ4n) is 1.65. The number of unbranched alkanes of at least 4 members (excludes halogenated alkanes) is 1. The van der Waals surface area contributed by atoms with Crippen molar-refractivity contribution < 1.29 is 5.11 Å². The van der Waals surface area contributed by atoms with Crippen LogP contribution in [0.4, 0.5) is 0 Å². The summed E-state index contributed by atoms with van der Waals surface area (Å²) in [6.45, 7) is 5.02. The first-order valence-electron chi connectivity index (χ1n) is 5.66. The molecule has 0 aliphatic heterocycles. The molecule has 2 nitrogen and oxygen atoms in total. The van der Waals surface area contributed by atoms with Gasteiger partial charge in [-0.05, 0) is 55.0 Å². The number of aryl methyl sites for hydroxylation is 1. The van der Waals surface area contributed by atoms with Crippen LogP contribution in [0.1, 0.15) is 43.7 Å². The lowest BCUT2D eigenvalue weighted by Crippen LogP contribution is -1.99. The van der Waals surface area contributed by atoms with E-state index in [2.05, 4.69) is 19.9 Å². The van der Waals surface area contributed by atoms with E-state index in [0.29, 0.717) is 11.7 Å². The van der Waals surface area contributed by atoms with Gasteiger partial charge in [0.25, 0.3) is 0 Å². The van der Waals surface area contributed by atoms with Gasteiger partial charge in [0, 0.05) is 0 Å². The van der Waals surface area contributed by atoms with E-state index in [1.54, 1.807) is 0 Å². The number of aromatic hydroxyl groups is 1. The van der Waals surface area contributed by atoms with Gasteiger partial charge in [-0.25, -0.2) is 0 Å². The minimum Gasteiger partial charge on any atom is -0.508 e. The smallest absolute Gasteiger partial charge is 0.116 e. The van der Waals surface area contributed by atoms with Crippen LogP contribution in [0, 0.1) is 0 Å². The van der Waals surface area contributed by atoms with Gasteiger partial charge in [-0.1, -0.05) is 19.9 Å². The van der Waals surface area contributed by atoms with Gasteiger partial charge in [0.2, 0.25) is 0 Å². The van der Waals surface area contributed by atoms with Crippen molar-refractivity contribution >= 4 is 0 Å². The predicted octanol–water partition coefficient (Wildman–Crippen LogP) is 2.80. The maximum absolute atomic E-state index is 9.57. The van der Waals surface area contributed by atoms with Crippen LogP contribution < -0.4 is 5.73 Å². The SMILES string of the molecule is CC(C)c1cc(O)cc(CCCCN)c1. The first kappa shape index (κ1) is 12.1. The van der Waals surface area contributed by atoms with E-state index < -0.39 is 0 Å². The van der Waals surface area contributed by atoms with Crippen molar-refractivity contribution in [3.8, 4) is 5.75 Å². The second kappa shape index (κ2) is 5.76. The van der Waals surface area contributed by atoms with Gasteiger partial charge in [-0.15, -0.1) is 0 Å². The Morgan fingerprint density at radius 1 is 1.20 bits per heavy atom. The monoisotopic (exact) mass is 207 g/mol. The lowest BCUT2D eigenvalue weighted by molar-refractivity contribution is 0.473. The van der Waals surface area contributed by atoms with Crippen LogP contribution in [0.15, 0.2) is 18.2 Å². The van der Waals surface area contributed by atoms with Crippen molar-refractivity contribution in [1.29, 1.82) is 0 Å². The summed E-state index contributed by atoms with van der Waals surface area (Å²) in [5.41, 5.74) is 7.87. The lowest BCUT2D eigenvalue weighted by atomic mass is 9.98. The molecule has 0 bridgehead atoms. The summed E-state index contributed by atoms with van der Waals surface area (Å²) in [7, 11) is 0. The van der Waals surface area contributed by atoms with Gasteiger partial charge in [-0.3, -0.25) is 0 Å². The molecule has 1 aromatic carbocycles. The summed E-state index contributed by atoms with van der Waals surface area (Å²) in [6, 6.07) is 5.88. The zero-order chi connectivity index (χ0) is 11.3. The van der Waals surface area contributed by atoms with Crippen molar-refractivity contribution in [2.24, 2.45) is 5.73 Å². The number of phenolic OH excluding ortho intramolecular Hbond substituents is 1. The summed E-state index contributed by atoms with van der Waals surface area (Å²) < 4.78 is 0. The third-order valence-electron chi connectivity index (χ3n) is 2.59. The van der Waals surface area contributed by atoms with Gasteiger partial charge in [0.05, 0.1) is 0 Å². The maximum atomic E-state index is 9.57. The topological polar surface area (TPSA) is 46.2 Å². The average Bonchev–Trinajstić information content (AvgIpc) is 2.17. The van der Waals surface area contributed by atoms with E-state index in [1.165, 1.54) is 11.1 Å². The van der Waals surface area contributed by atoms with Crippen molar-refractivity contribution in [3.05, 3.63) is 29.3 Å². The van der Waals surface area contributed by atoms with E-state index in [0.717, 1.165) is 25.8 Å². The molecular weight excluding hydrogens is 186 g/mol. The quantitative estimate of drug-likeness (QED) is 0.729. The largest absolute Gasteiger partial charge is 0.508 e. The molecule has 0 saturated heterocycles. The summed E-state index contributed by atoms with van der Waals surface area (Å²) in [6.07, 6.45) is 3.15. The highest BCUT2D eigenvalue weighted by molar-refractivity contribution is 5.35. The Hall–Kier alpha value is -1.02. The molecular formula is C13H21NO. The Balaban J connectivity index is 2.71. The van der Waals surface area contributed by atoms with Crippen LogP contribution in [0.25, 0.3) is 0 Å². The highest BCUT2D eigenvalue weighted by Crippen LogP contribution is 2.23. The number of rotatable bonds is 5. The minimum absolute atomic E-state index is 0.379. The number of phenols is 1. The summed E-state index contributed by atoms with van der Waals surface area (Å²) in [5.74, 6) is 0.842. The molecule has 15 heavy (non-hydrogen) atoms. The van der Waals surface area contributed by atoms with Gasteiger partial charge < -0.3 is 10.8 Å². The Morgan fingerprint density at radius 2 is 1.93 bits per heavy atom. The van der Waals surface area contributed by atoms with E-state index in [1.807, 2.05) is 12.1 Å². The molecule has 0 radical (unpaired) electrons. The third-order valence-corrected chi connectivity index (χ3v) is 2.59. The molecule has 2 heteroatoms. The summed E-state index contributed by atoms with van der Waals surface area (Å²) in [4.78, 5) is 0. The van der Waals surface area contributed by atoms with Crippen molar-refractivity contribution in [1.82, 2.24) is 0 Å². The molecule has 0 aliphatic carbocycles. The molecule has 1 rings (SSSR count). The number of hydrogen-bond donors (Lipinski definition) is 2. The van der Waals surface area contributed by atoms with Crippen LogP contribution in [-0.2, 0) is 6.42 Å². The molecule has 84 valence electrons. The number of hydrogen-bond acceptors (Lipinski definition) is 2. The summed E-state index contributed by atoms with van der Waals surface area (Å²) >= 11 is 0. The van der Waals surface area contributed by atoms with E-state index in [-0.39, 0.29) is 0 Å². The van der Waals surface area contributed by atoms with Crippen molar-refractivity contribution in [3.63, 3.8) is 0 Å². The van der Waals surface area contributed by atoms with E-state index in [9.17, 15) is 5.11 Å². The first-order valence-corrected chi connectivity index (χ1v) is 5.66. The lowest BCUT2D eigenvalue weighted by Gasteiger charge is -2.09. The number of benzene rings is 1. The van der Waals surface area contributed by atoms with Crippen LogP contribution in [0.5, 0.6) is 5.75 Å². The molecule has 0 spiro atoms. The van der Waals surface area contributed by atoms with Gasteiger partial charge in [0.15, 0.2) is 0 Å². The Labute approximate surface area is 92.1 Å². The Kier molecular flexibility index (Phi) is 4.63. The van der Waals surface area contributed by atoms with Gasteiger partial charge in [0.1, 0.15) is 5.75 Å². The van der Waals surface area contributed by atoms with Crippen LogP contribution in [0.3, 0.4) is 0 Å². The van der Waals surface area contributed by atoms with E-state index in [4.69, 9.17) is 5.73 Å². The molecule has 0 aromatic heterocycles. The van der Waals surface area contributed by atoms with Crippen LogP contribution in [0.2, 0.25) is 0 Å². The molecule has 0 unspecified atom stereocenters. The second-order valence-electron chi connectivity index (χ2n) is 4.33. The van der Waals surface area contributed by atoms with Crippen LogP contribution in [-0.4, -0.2) is 11.7 Å². The highest BCUT2D eigenvalue weighted by atomic mass is 16.3. The maximum Gasteiger partial charge on any atom is 0.116 e. The Morgan fingerprint density at radius 3 is 2.53 bits per heavy atom. The average molecular weight is 207 g/mol. The third kappa shape index (κ3) is 3.92. The van der Waals surface area contributed by atoms with Gasteiger partial charge in [-0.2, -0.15) is 0 Å². The summed E-state index contributed by atoms with van der Waals surface area (Å²) in [5, 5.41) is 9.57. The molecule has 0 heterocycles. The number of nitrogens with two attached hydrogens (primary N) is 1. The zero-order valence-corrected chi connectivity index (χ0v) is 9.66. The van der Waals surface area contributed by atoms with Crippen molar-refractivity contribution in [2.75, 3.05) is 6.54 Å².